The maximum Gasteiger partial charge on any atom is 0.303 e. The number of benzene rings is 1. The first-order valence-electron chi connectivity index (χ1n) is 14.7. The molecule has 2 heterocycles. The van der Waals surface area contributed by atoms with Crippen LogP contribution in [-0.2, 0) is 49.3 Å². The fraction of sp³-hybridized carbons (Fsp3) is 0.567. The van der Waals surface area contributed by atoms with E-state index in [1.807, 2.05) is 38.1 Å². The van der Waals surface area contributed by atoms with Gasteiger partial charge in [-0.1, -0.05) is 31.1 Å². The molecule has 1 aromatic heterocycles. The van der Waals surface area contributed by atoms with Crippen LogP contribution in [0.3, 0.4) is 0 Å². The Morgan fingerprint density at radius 2 is 1.59 bits per heavy atom. The first kappa shape index (κ1) is 35.7. The molecule has 0 spiro atoms. The van der Waals surface area contributed by atoms with Gasteiger partial charge in [0, 0.05) is 56.8 Å². The third-order valence-electron chi connectivity index (χ3n) is 6.65. The highest BCUT2D eigenvalue weighted by Crippen LogP contribution is 2.34. The molecule has 1 aliphatic heterocycles. The molecule has 0 bridgehead atoms. The third kappa shape index (κ3) is 10.4. The van der Waals surface area contributed by atoms with Gasteiger partial charge in [-0.15, -0.1) is 5.10 Å². The van der Waals surface area contributed by atoms with E-state index in [2.05, 4.69) is 20.2 Å². The minimum atomic E-state index is -1.43. The summed E-state index contributed by atoms with van der Waals surface area (Å²) in [6.45, 7) is 8.93. The van der Waals surface area contributed by atoms with E-state index in [4.69, 9.17) is 38.7 Å². The molecule has 16 nitrogen and oxygen atoms in total. The number of nitrogens with one attached hydrogen (secondary N) is 1. The summed E-state index contributed by atoms with van der Waals surface area (Å²) in [6.07, 6.45) is -5.73. The molecule has 1 saturated heterocycles. The summed E-state index contributed by atoms with van der Waals surface area (Å²) < 4.78 is 39.6. The monoisotopic (exact) mass is 645 g/mol. The second-order valence-corrected chi connectivity index (χ2v) is 10.7. The van der Waals surface area contributed by atoms with Crippen molar-refractivity contribution in [2.45, 2.75) is 91.0 Å². The average Bonchev–Trinajstić information content (AvgIpc) is 3.37. The first-order valence-corrected chi connectivity index (χ1v) is 14.7. The zero-order valence-corrected chi connectivity index (χ0v) is 26.6. The van der Waals surface area contributed by atoms with Crippen LogP contribution in [-0.4, -0.2) is 84.5 Å². The number of rotatable bonds is 15. The predicted octanol–water partition coefficient (Wildman–Crippen LogP) is 3.67. The van der Waals surface area contributed by atoms with Gasteiger partial charge < -0.3 is 33.2 Å². The largest absolute Gasteiger partial charge is 0.494 e. The summed E-state index contributed by atoms with van der Waals surface area (Å²) in [5.41, 5.74) is 10.8. The van der Waals surface area contributed by atoms with Gasteiger partial charge in [-0.25, -0.2) is 0 Å². The molecule has 1 aliphatic rings. The Morgan fingerprint density at radius 3 is 2.17 bits per heavy atom. The number of azide groups is 1. The molecule has 3 rings (SSSR count). The highest BCUT2D eigenvalue weighted by Gasteiger charge is 2.53. The van der Waals surface area contributed by atoms with Gasteiger partial charge in [0.15, 0.2) is 12.2 Å². The Hall–Kier alpha value is -4.82. The number of hydrogen-bond donors (Lipinski definition) is 1. The molecule has 250 valence electrons. The fourth-order valence-electron chi connectivity index (χ4n) is 4.78. The van der Waals surface area contributed by atoms with Gasteiger partial charge >= 0.3 is 23.9 Å². The lowest BCUT2D eigenvalue weighted by atomic mass is 9.97. The van der Waals surface area contributed by atoms with Crippen molar-refractivity contribution in [2.24, 2.45) is 5.11 Å². The molecular weight excluding hydrogens is 606 g/mol. The molecule has 5 atom stereocenters. The van der Waals surface area contributed by atoms with Gasteiger partial charge in [0.2, 0.25) is 18.3 Å². The average molecular weight is 646 g/mol. The molecule has 0 amide bonds. The van der Waals surface area contributed by atoms with Crippen LogP contribution in [0.4, 0.5) is 0 Å². The van der Waals surface area contributed by atoms with E-state index in [1.165, 1.54) is 6.92 Å². The molecule has 1 unspecified atom stereocenters. The highest BCUT2D eigenvalue weighted by molar-refractivity contribution is 5.68. The molecule has 0 radical (unpaired) electrons. The van der Waals surface area contributed by atoms with E-state index in [9.17, 15) is 19.2 Å². The summed E-state index contributed by atoms with van der Waals surface area (Å²) >= 11 is 0. The Morgan fingerprint density at radius 1 is 0.957 bits per heavy atom. The minimum absolute atomic E-state index is 0.00826. The van der Waals surface area contributed by atoms with Crippen LogP contribution >= 0.6 is 0 Å². The van der Waals surface area contributed by atoms with Crippen molar-refractivity contribution >= 4 is 23.9 Å². The van der Waals surface area contributed by atoms with Gasteiger partial charge in [0.25, 0.3) is 0 Å². The van der Waals surface area contributed by atoms with E-state index in [1.54, 1.807) is 0 Å². The van der Waals surface area contributed by atoms with E-state index in [0.29, 0.717) is 37.3 Å². The van der Waals surface area contributed by atoms with Crippen LogP contribution in [0.1, 0.15) is 70.7 Å². The van der Waals surface area contributed by atoms with Gasteiger partial charge in [-0.3, -0.25) is 24.3 Å². The summed E-state index contributed by atoms with van der Waals surface area (Å²) in [4.78, 5) is 50.8. The fourth-order valence-corrected chi connectivity index (χ4v) is 4.78. The Kier molecular flexibility index (Phi) is 13.2. The summed E-state index contributed by atoms with van der Waals surface area (Å²) in [5.74, 6) is -2.08. The van der Waals surface area contributed by atoms with Crippen LogP contribution in [0.25, 0.3) is 10.4 Å². The number of esters is 4. The smallest absolute Gasteiger partial charge is 0.303 e. The van der Waals surface area contributed by atoms with E-state index in [-0.39, 0.29) is 18.4 Å². The van der Waals surface area contributed by atoms with Crippen LogP contribution < -0.4 is 9.47 Å². The predicted molar refractivity (Wildman–Crippen MR) is 159 cm³/mol. The van der Waals surface area contributed by atoms with Crippen molar-refractivity contribution in [3.63, 3.8) is 0 Å². The number of aromatic amines is 1. The summed E-state index contributed by atoms with van der Waals surface area (Å²) in [6, 6.07) is 7.41. The molecule has 46 heavy (non-hydrogen) atoms. The molecule has 1 N–H and O–H groups in total. The maximum absolute atomic E-state index is 12.2. The summed E-state index contributed by atoms with van der Waals surface area (Å²) in [7, 11) is 0. The Balaban J connectivity index is 1.94. The van der Waals surface area contributed by atoms with Crippen LogP contribution in [0, 0.1) is 0 Å². The Bertz CT molecular complexity index is 1400. The van der Waals surface area contributed by atoms with Crippen molar-refractivity contribution < 1.29 is 52.3 Å². The zero-order valence-electron chi connectivity index (χ0n) is 26.6. The molecular formula is C30H39N5O11. The molecule has 0 saturated carbocycles. The first-order chi connectivity index (χ1) is 21.9. The lowest BCUT2D eigenvalue weighted by Gasteiger charge is -2.43. The number of carbonyl (C=O) groups is 4. The second-order valence-electron chi connectivity index (χ2n) is 10.7. The number of aromatic nitrogens is 2. The van der Waals surface area contributed by atoms with Crippen LogP contribution in [0.5, 0.6) is 11.6 Å². The topological polar surface area (TPSA) is 210 Å². The van der Waals surface area contributed by atoms with Crippen LogP contribution in [0.2, 0.25) is 0 Å². The second kappa shape index (κ2) is 17.0. The lowest BCUT2D eigenvalue weighted by molar-refractivity contribution is -0.289. The number of carbonyl (C=O) groups excluding carboxylic acids is 4. The minimum Gasteiger partial charge on any atom is -0.494 e. The van der Waals surface area contributed by atoms with Crippen molar-refractivity contribution in [2.75, 3.05) is 19.8 Å². The van der Waals surface area contributed by atoms with Crippen molar-refractivity contribution in [3.05, 3.63) is 51.5 Å². The normalized spacial score (nSPS) is 20.6. The van der Waals surface area contributed by atoms with Gasteiger partial charge in [0.1, 0.15) is 18.5 Å². The van der Waals surface area contributed by atoms with Gasteiger partial charge in [-0.2, -0.15) is 0 Å². The number of hydrogen-bond acceptors (Lipinski definition) is 13. The molecule has 0 aliphatic carbocycles. The Labute approximate surface area is 265 Å². The van der Waals surface area contributed by atoms with E-state index in [0.717, 1.165) is 32.0 Å². The standard InChI is InChI=1S/C30H39N5O11/c1-16(2)25-23(14-21-8-10-22(11-9-21)40-13-7-12-32-35-31)29(34-33-25)46-30-28(44-20(6)39)27(43-19(5)38)26(42-18(4)37)24(45-30)15-41-17(3)36/h8-11,16,24,26-28,30H,7,12-15H2,1-6H3,(H,33,34)/t24-,26-,27+,28-,30?/m1/s1. The third-order valence-corrected chi connectivity index (χ3v) is 6.65. The zero-order chi connectivity index (χ0) is 33.8. The number of ether oxygens (including phenoxy) is 7. The molecule has 16 heteroatoms. The van der Waals surface area contributed by atoms with E-state index >= 15 is 0 Å². The lowest BCUT2D eigenvalue weighted by Crippen LogP contribution is -2.63. The molecule has 2 aromatic rings. The molecule has 1 fully saturated rings. The maximum atomic E-state index is 12.2. The van der Waals surface area contributed by atoms with Crippen molar-refractivity contribution in [3.8, 4) is 11.6 Å². The van der Waals surface area contributed by atoms with E-state index < -0.39 is 54.6 Å². The van der Waals surface area contributed by atoms with Crippen molar-refractivity contribution in [1.29, 1.82) is 0 Å². The van der Waals surface area contributed by atoms with Gasteiger partial charge in [0.05, 0.1) is 6.61 Å². The van der Waals surface area contributed by atoms with Crippen molar-refractivity contribution in [1.82, 2.24) is 10.2 Å². The SMILES string of the molecule is CC(=O)OC[C@H]1OC(Oc2n[nH]c(C(C)C)c2Cc2ccc(OCCCN=[N+]=[N-])cc2)[C@H](OC(C)=O)[C@@H](OC(C)=O)[C@@H]1OC(C)=O. The highest BCUT2D eigenvalue weighted by atomic mass is 16.7. The quantitative estimate of drug-likeness (QED) is 0.0734. The van der Waals surface area contributed by atoms with Crippen LogP contribution in [0.15, 0.2) is 29.4 Å². The number of H-pyrrole nitrogens is 1. The van der Waals surface area contributed by atoms with Gasteiger partial charge in [-0.05, 0) is 35.6 Å². The number of nitrogens with zero attached hydrogens (tertiary/aromatic N) is 4. The molecule has 1 aromatic carbocycles. The summed E-state index contributed by atoms with van der Waals surface area (Å²) in [5, 5.41) is 10.9.